The largest absolute Gasteiger partial charge is 0.343 e. The van der Waals surface area contributed by atoms with Gasteiger partial charge in [0.25, 0.3) is 11.8 Å². The average Bonchev–Trinajstić information content (AvgIpc) is 3.73. The highest BCUT2D eigenvalue weighted by Crippen LogP contribution is 2.29. The molecule has 2 aliphatic rings. The van der Waals surface area contributed by atoms with E-state index in [2.05, 4.69) is 31.9 Å². The second-order valence-corrected chi connectivity index (χ2v) is 24.2. The van der Waals surface area contributed by atoms with E-state index in [9.17, 15) is 47.1 Å². The SMILES string of the molecule is CN[C@@H](C)C(=O)N[C@H](C(=O)N1CCC[C@H]1CN(CCc1ccc(F)cc1)C(=O)CNC(=O)c1ccc(-c2ccc(C(=O)NCC(=O)N(CCc3ccc(F)cc3)C[C@@H]3CCCN3C(=O)[C@@H](NC(=O)[C@H](C)NC)C(C)(C)C)cc2)cc1)C(C)(C)C. The Morgan fingerprint density at radius 2 is 0.857 bits per heavy atom. The van der Waals surface area contributed by atoms with Gasteiger partial charge in [0.1, 0.15) is 23.7 Å². The van der Waals surface area contributed by atoms with E-state index in [1.807, 2.05) is 41.5 Å². The third-order valence-corrected chi connectivity index (χ3v) is 15.9. The Morgan fingerprint density at radius 3 is 1.17 bits per heavy atom. The summed E-state index contributed by atoms with van der Waals surface area (Å²) in [5.74, 6) is -3.52. The third-order valence-electron chi connectivity index (χ3n) is 15.9. The van der Waals surface area contributed by atoms with Crippen LogP contribution in [-0.4, -0.2) is 170 Å². The van der Waals surface area contributed by atoms with Crippen LogP contribution in [-0.2, 0) is 41.6 Å². The van der Waals surface area contributed by atoms with Crippen molar-refractivity contribution in [1.29, 1.82) is 0 Å². The van der Waals surface area contributed by atoms with Crippen molar-refractivity contribution in [3.8, 4) is 11.1 Å². The van der Waals surface area contributed by atoms with Crippen molar-refractivity contribution in [1.82, 2.24) is 51.5 Å². The first-order valence-electron chi connectivity index (χ1n) is 29.2. The quantitative estimate of drug-likeness (QED) is 0.0490. The predicted octanol–water partition coefficient (Wildman–Crippen LogP) is 5.49. The normalized spacial score (nSPS) is 16.7. The zero-order chi connectivity index (χ0) is 61.5. The summed E-state index contributed by atoms with van der Waals surface area (Å²) in [4.78, 5) is 116. The summed E-state index contributed by atoms with van der Waals surface area (Å²) < 4.78 is 27.6. The highest BCUT2D eigenvalue weighted by Gasteiger charge is 2.43. The lowest BCUT2D eigenvalue weighted by molar-refractivity contribution is -0.142. The van der Waals surface area contributed by atoms with Gasteiger partial charge in [0.05, 0.1) is 25.2 Å². The smallest absolute Gasteiger partial charge is 0.251 e. The van der Waals surface area contributed by atoms with E-state index in [4.69, 9.17) is 0 Å². The van der Waals surface area contributed by atoms with Crippen molar-refractivity contribution in [2.24, 2.45) is 10.8 Å². The maximum absolute atomic E-state index is 14.2. The first kappa shape index (κ1) is 65.6. The maximum atomic E-state index is 14.2. The molecule has 8 amide bonds. The summed E-state index contributed by atoms with van der Waals surface area (Å²) in [7, 11) is 3.34. The molecule has 0 radical (unpaired) electrons. The molecule has 0 saturated carbocycles. The van der Waals surface area contributed by atoms with E-state index < -0.39 is 46.8 Å². The molecular formula is C64H86F2N10O8. The minimum atomic E-state index is -0.817. The number of hydrogen-bond acceptors (Lipinski definition) is 10. The van der Waals surface area contributed by atoms with E-state index in [0.717, 1.165) is 22.3 Å². The van der Waals surface area contributed by atoms with Crippen molar-refractivity contribution in [3.05, 3.63) is 131 Å². The van der Waals surface area contributed by atoms with Gasteiger partial charge in [0.15, 0.2) is 0 Å². The molecule has 6 rings (SSSR count). The molecule has 6 atom stereocenters. The van der Waals surface area contributed by atoms with E-state index in [0.29, 0.717) is 62.7 Å². The lowest BCUT2D eigenvalue weighted by Gasteiger charge is -2.37. The molecule has 0 spiro atoms. The number of benzene rings is 4. The zero-order valence-corrected chi connectivity index (χ0v) is 50.4. The van der Waals surface area contributed by atoms with Gasteiger partial charge in [0.2, 0.25) is 35.4 Å². The van der Waals surface area contributed by atoms with Crippen LogP contribution in [0.4, 0.5) is 8.78 Å². The molecule has 84 heavy (non-hydrogen) atoms. The lowest BCUT2D eigenvalue weighted by Crippen LogP contribution is -2.59. The molecule has 4 aromatic rings. The van der Waals surface area contributed by atoms with Crippen LogP contribution >= 0.6 is 0 Å². The van der Waals surface area contributed by atoms with E-state index in [1.165, 1.54) is 24.3 Å². The summed E-state index contributed by atoms with van der Waals surface area (Å²) in [5.41, 5.74) is 2.50. The number of nitrogens with one attached hydrogen (secondary N) is 6. The molecule has 2 saturated heterocycles. The van der Waals surface area contributed by atoms with Crippen LogP contribution in [0.25, 0.3) is 11.1 Å². The first-order chi connectivity index (χ1) is 39.8. The molecular weight excluding hydrogens is 1070 g/mol. The Hall–Kier alpha value is -7.58. The number of carbonyl (C=O) groups excluding carboxylic acids is 8. The van der Waals surface area contributed by atoms with E-state index in [-0.39, 0.29) is 98.4 Å². The molecule has 18 nitrogen and oxygen atoms in total. The second-order valence-electron chi connectivity index (χ2n) is 24.2. The topological polar surface area (TPSA) is 222 Å². The highest BCUT2D eigenvalue weighted by atomic mass is 19.1. The molecule has 0 aromatic heterocycles. The van der Waals surface area contributed by atoms with Crippen LogP contribution in [0.15, 0.2) is 97.1 Å². The first-order valence-corrected chi connectivity index (χ1v) is 29.2. The minimum absolute atomic E-state index is 0.190. The Labute approximate surface area is 493 Å². The Balaban J connectivity index is 1.07. The molecule has 2 fully saturated rings. The van der Waals surface area contributed by atoms with Crippen LogP contribution in [0.2, 0.25) is 0 Å². The molecule has 4 aromatic carbocycles. The van der Waals surface area contributed by atoms with Gasteiger partial charge in [-0.15, -0.1) is 0 Å². The Kier molecular flexibility index (Phi) is 23.3. The third kappa shape index (κ3) is 18.2. The Bertz CT molecular complexity index is 2720. The Morgan fingerprint density at radius 1 is 0.524 bits per heavy atom. The average molecular weight is 1160 g/mol. The van der Waals surface area contributed by atoms with Gasteiger partial charge in [-0.3, -0.25) is 38.4 Å². The molecule has 0 unspecified atom stereocenters. The van der Waals surface area contributed by atoms with Gasteiger partial charge in [-0.25, -0.2) is 8.78 Å². The van der Waals surface area contributed by atoms with Crippen molar-refractivity contribution in [2.45, 2.75) is 130 Å². The van der Waals surface area contributed by atoms with Crippen molar-refractivity contribution in [3.63, 3.8) is 0 Å². The fourth-order valence-electron chi connectivity index (χ4n) is 10.4. The van der Waals surface area contributed by atoms with Crippen molar-refractivity contribution in [2.75, 3.05) is 66.5 Å². The molecule has 454 valence electrons. The van der Waals surface area contributed by atoms with Crippen LogP contribution in [0.5, 0.6) is 0 Å². The van der Waals surface area contributed by atoms with Gasteiger partial charge in [-0.2, -0.15) is 0 Å². The summed E-state index contributed by atoms with van der Waals surface area (Å²) in [6.45, 7) is 15.9. The molecule has 0 aliphatic carbocycles. The predicted molar refractivity (Wildman–Crippen MR) is 319 cm³/mol. The number of rotatable bonds is 25. The fourth-order valence-corrected chi connectivity index (χ4v) is 10.4. The number of carbonyl (C=O) groups is 8. The second kappa shape index (κ2) is 29.8. The van der Waals surface area contributed by atoms with E-state index >= 15 is 0 Å². The fraction of sp³-hybridized carbons (Fsp3) is 0.500. The lowest BCUT2D eigenvalue weighted by atomic mass is 9.85. The van der Waals surface area contributed by atoms with Gasteiger partial charge >= 0.3 is 0 Å². The molecule has 2 heterocycles. The zero-order valence-electron chi connectivity index (χ0n) is 50.4. The van der Waals surface area contributed by atoms with Crippen molar-refractivity contribution < 1.29 is 47.1 Å². The van der Waals surface area contributed by atoms with Crippen LogP contribution in [0, 0.1) is 22.5 Å². The van der Waals surface area contributed by atoms with Crippen LogP contribution < -0.4 is 31.9 Å². The summed E-state index contributed by atoms with van der Waals surface area (Å²) >= 11 is 0. The standard InChI is InChI=1S/C64H86F2N10O8/c1-41(67-9)57(79)71-55(63(3,4)5)61(83)75-33-11-13-51(75)39-73(35-31-43-15-27-49(65)28-16-43)53(77)37-69-59(81)47-23-19-45(20-24-47)46-21-25-48(26-22-46)60(82)70-38-54(78)74(36-32-44-17-29-50(66)30-18-44)40-52-14-12-34-76(52)62(84)56(64(6,7)8)72-58(80)42(2)68-10/h15-30,41-42,51-52,55-56,67-68H,11-14,31-40H2,1-10H3,(H,69,81)(H,70,82)(H,71,79)(H,72,80)/t41-,42-,51-,52-,55+,56+/m0/s1. The molecule has 20 heteroatoms. The summed E-state index contributed by atoms with van der Waals surface area (Å²) in [6.07, 6.45) is 3.49. The number of hydrogen-bond donors (Lipinski definition) is 6. The van der Waals surface area contributed by atoms with Gasteiger partial charge in [-0.05, 0) is 148 Å². The molecule has 0 bridgehead atoms. The number of nitrogens with zero attached hydrogens (tertiary/aromatic N) is 4. The maximum Gasteiger partial charge on any atom is 0.251 e. The number of likely N-dealkylation sites (tertiary alicyclic amines) is 2. The number of halogens is 2. The highest BCUT2D eigenvalue weighted by molar-refractivity contribution is 5.98. The van der Waals surface area contributed by atoms with Gasteiger partial charge in [0, 0.05) is 62.5 Å². The van der Waals surface area contributed by atoms with Gasteiger partial charge < -0.3 is 51.5 Å². The molecule has 2 aliphatic heterocycles. The van der Waals surface area contributed by atoms with Gasteiger partial charge in [-0.1, -0.05) is 90.1 Å². The number of likely N-dealkylation sites (N-methyl/N-ethyl adjacent to an activating group) is 2. The number of amides is 8. The monoisotopic (exact) mass is 1160 g/mol. The van der Waals surface area contributed by atoms with Crippen LogP contribution in [0.3, 0.4) is 0 Å². The summed E-state index contributed by atoms with van der Waals surface area (Å²) in [5, 5.41) is 17.2. The summed E-state index contributed by atoms with van der Waals surface area (Å²) in [6, 6.07) is 22.2. The minimum Gasteiger partial charge on any atom is -0.343 e. The van der Waals surface area contributed by atoms with Crippen LogP contribution in [0.1, 0.15) is 113 Å². The van der Waals surface area contributed by atoms with E-state index in [1.54, 1.807) is 120 Å². The van der Waals surface area contributed by atoms with Crippen molar-refractivity contribution >= 4 is 47.3 Å². The molecule has 6 N–H and O–H groups in total.